The van der Waals surface area contributed by atoms with Crippen LogP contribution < -0.4 is 0 Å². The summed E-state index contributed by atoms with van der Waals surface area (Å²) in [4.78, 5) is 22.6. The predicted octanol–water partition coefficient (Wildman–Crippen LogP) is 5.59. The van der Waals surface area contributed by atoms with E-state index in [2.05, 4.69) is 16.6 Å². The topological polar surface area (TPSA) is 72.8 Å². The van der Waals surface area contributed by atoms with Crippen LogP contribution in [0.5, 0.6) is 0 Å². The van der Waals surface area contributed by atoms with Gasteiger partial charge in [-0.1, -0.05) is 73.7 Å². The Balaban J connectivity index is 0.000000243. The molecule has 0 amide bonds. The highest BCUT2D eigenvalue weighted by atomic mass is 16.6. The molecule has 36 heavy (non-hydrogen) atoms. The van der Waals surface area contributed by atoms with Gasteiger partial charge in [-0.3, -0.25) is 0 Å². The maximum atomic E-state index is 11.3. The molecule has 1 heterocycles. The SMILES string of the molecule is CC.COC(=O)c1ccc(C#Cc2ccc(C)cc2)cc1.O=C1OC(CO)C/C1=C\c1ccccc1. The highest BCUT2D eigenvalue weighted by molar-refractivity contribution is 5.95. The molecular formula is C31H32O5. The van der Waals surface area contributed by atoms with Gasteiger partial charge >= 0.3 is 11.9 Å². The van der Waals surface area contributed by atoms with Crippen LogP contribution in [0.4, 0.5) is 0 Å². The molecule has 0 bridgehead atoms. The fourth-order valence-electron chi connectivity index (χ4n) is 3.16. The van der Waals surface area contributed by atoms with Crippen molar-refractivity contribution in [1.29, 1.82) is 0 Å². The maximum Gasteiger partial charge on any atom is 0.337 e. The summed E-state index contributed by atoms with van der Waals surface area (Å²) in [6.07, 6.45) is 1.93. The molecular weight excluding hydrogens is 452 g/mol. The molecule has 3 aromatic rings. The first-order valence-corrected chi connectivity index (χ1v) is 11.8. The average molecular weight is 485 g/mol. The van der Waals surface area contributed by atoms with E-state index in [4.69, 9.17) is 9.84 Å². The number of esters is 2. The standard InChI is InChI=1S/C17H14O2.C12H12O3.C2H6/c1-13-3-5-14(6-4-13)7-8-15-9-11-16(12-10-15)17(18)19-2;13-8-11-7-10(12(14)15-11)6-9-4-2-1-3-5-9;1-2/h3-6,9-12H,1-2H3;1-6,11,13H,7-8H2;1-2H3/b;10-6+;. The van der Waals surface area contributed by atoms with E-state index in [-0.39, 0.29) is 24.6 Å². The normalized spacial score (nSPS) is 14.8. The number of hydrogen-bond donors (Lipinski definition) is 1. The number of methoxy groups -OCH3 is 1. The van der Waals surface area contributed by atoms with E-state index in [1.807, 2.05) is 87.5 Å². The highest BCUT2D eigenvalue weighted by Gasteiger charge is 2.27. The van der Waals surface area contributed by atoms with Crippen LogP contribution in [-0.2, 0) is 14.3 Å². The third-order valence-corrected chi connectivity index (χ3v) is 5.04. The van der Waals surface area contributed by atoms with E-state index in [0.29, 0.717) is 17.6 Å². The van der Waals surface area contributed by atoms with Gasteiger partial charge in [0.05, 0.1) is 19.3 Å². The minimum atomic E-state index is -0.368. The van der Waals surface area contributed by atoms with Crippen molar-refractivity contribution in [1.82, 2.24) is 0 Å². The number of aliphatic hydroxyl groups excluding tert-OH is 1. The molecule has 1 unspecified atom stereocenters. The number of rotatable bonds is 3. The molecule has 1 aliphatic heterocycles. The molecule has 4 rings (SSSR count). The van der Waals surface area contributed by atoms with Gasteiger partial charge in [0.15, 0.2) is 0 Å². The van der Waals surface area contributed by atoms with Gasteiger partial charge in [0.25, 0.3) is 0 Å². The molecule has 1 aliphatic rings. The van der Waals surface area contributed by atoms with Gasteiger partial charge in [-0.05, 0) is 55.0 Å². The highest BCUT2D eigenvalue weighted by Crippen LogP contribution is 2.22. The molecule has 5 nitrogen and oxygen atoms in total. The lowest BCUT2D eigenvalue weighted by molar-refractivity contribution is -0.140. The summed E-state index contributed by atoms with van der Waals surface area (Å²) >= 11 is 0. The lowest BCUT2D eigenvalue weighted by atomic mass is 10.1. The van der Waals surface area contributed by atoms with Crippen molar-refractivity contribution in [3.05, 3.63) is 112 Å². The summed E-state index contributed by atoms with van der Waals surface area (Å²) in [6.45, 7) is 5.93. The lowest BCUT2D eigenvalue weighted by Gasteiger charge is -2.00. The van der Waals surface area contributed by atoms with E-state index in [0.717, 1.165) is 16.7 Å². The maximum absolute atomic E-state index is 11.3. The molecule has 0 spiro atoms. The van der Waals surface area contributed by atoms with Crippen LogP contribution in [0, 0.1) is 18.8 Å². The number of aliphatic hydroxyl groups is 1. The van der Waals surface area contributed by atoms with Gasteiger partial charge in [0.1, 0.15) is 6.10 Å². The van der Waals surface area contributed by atoms with Crippen molar-refractivity contribution in [2.75, 3.05) is 13.7 Å². The minimum absolute atomic E-state index is 0.113. The van der Waals surface area contributed by atoms with Crippen LogP contribution >= 0.6 is 0 Å². The average Bonchev–Trinajstić information content (AvgIpc) is 3.29. The van der Waals surface area contributed by atoms with E-state index in [1.54, 1.807) is 18.2 Å². The minimum Gasteiger partial charge on any atom is -0.465 e. The lowest BCUT2D eigenvalue weighted by Crippen LogP contribution is -2.10. The van der Waals surface area contributed by atoms with Crippen molar-refractivity contribution < 1.29 is 24.2 Å². The molecule has 0 aliphatic carbocycles. The Morgan fingerprint density at radius 2 is 1.53 bits per heavy atom. The number of cyclic esters (lactones) is 1. The summed E-state index contributed by atoms with van der Waals surface area (Å²) in [7, 11) is 1.37. The first-order valence-electron chi connectivity index (χ1n) is 11.8. The summed E-state index contributed by atoms with van der Waals surface area (Å²) in [5.41, 5.74) is 5.19. The quantitative estimate of drug-likeness (QED) is 0.298. The Labute approximate surface area is 213 Å². The third kappa shape index (κ3) is 8.90. The van der Waals surface area contributed by atoms with Crippen LogP contribution in [0.2, 0.25) is 0 Å². The van der Waals surface area contributed by atoms with Crippen molar-refractivity contribution in [2.24, 2.45) is 0 Å². The van der Waals surface area contributed by atoms with Crippen LogP contribution in [0.3, 0.4) is 0 Å². The zero-order valence-corrected chi connectivity index (χ0v) is 21.2. The molecule has 0 saturated carbocycles. The molecule has 1 fully saturated rings. The number of aryl methyl sites for hydroxylation is 1. The zero-order chi connectivity index (χ0) is 26.3. The first-order chi connectivity index (χ1) is 17.5. The predicted molar refractivity (Wildman–Crippen MR) is 142 cm³/mol. The Bertz CT molecular complexity index is 1200. The van der Waals surface area contributed by atoms with Gasteiger partial charge in [-0.2, -0.15) is 0 Å². The summed E-state index contributed by atoms with van der Waals surface area (Å²) < 4.78 is 9.58. The van der Waals surface area contributed by atoms with Gasteiger partial charge < -0.3 is 14.6 Å². The third-order valence-electron chi connectivity index (χ3n) is 5.04. The van der Waals surface area contributed by atoms with E-state index >= 15 is 0 Å². The fourth-order valence-corrected chi connectivity index (χ4v) is 3.16. The fraction of sp³-hybridized carbons (Fsp3) is 0.226. The molecule has 186 valence electrons. The van der Waals surface area contributed by atoms with Gasteiger partial charge in [0, 0.05) is 23.1 Å². The molecule has 5 heteroatoms. The van der Waals surface area contributed by atoms with Gasteiger partial charge in [-0.25, -0.2) is 9.59 Å². The summed E-state index contributed by atoms with van der Waals surface area (Å²) in [5, 5.41) is 8.86. The van der Waals surface area contributed by atoms with E-state index < -0.39 is 0 Å². The second-order valence-corrected chi connectivity index (χ2v) is 7.68. The molecule has 3 aromatic carbocycles. The number of hydrogen-bond acceptors (Lipinski definition) is 5. The Morgan fingerprint density at radius 3 is 2.03 bits per heavy atom. The monoisotopic (exact) mass is 484 g/mol. The molecule has 1 atom stereocenters. The molecule has 0 aromatic heterocycles. The second-order valence-electron chi connectivity index (χ2n) is 7.68. The van der Waals surface area contributed by atoms with E-state index in [1.165, 1.54) is 12.7 Å². The number of ether oxygens (including phenoxy) is 2. The van der Waals surface area contributed by atoms with E-state index in [9.17, 15) is 9.59 Å². The van der Waals surface area contributed by atoms with Gasteiger partial charge in [-0.15, -0.1) is 0 Å². The Morgan fingerprint density at radius 1 is 0.972 bits per heavy atom. The zero-order valence-electron chi connectivity index (χ0n) is 21.2. The molecule has 1 saturated heterocycles. The van der Waals surface area contributed by atoms with Crippen LogP contribution in [0.25, 0.3) is 6.08 Å². The number of carbonyl (C=O) groups excluding carboxylic acids is 2. The number of benzene rings is 3. The summed E-state index contributed by atoms with van der Waals surface area (Å²) in [5.74, 6) is 5.49. The largest absolute Gasteiger partial charge is 0.465 e. The molecule has 0 radical (unpaired) electrons. The van der Waals surface area contributed by atoms with Crippen molar-refractivity contribution >= 4 is 18.0 Å². The Hall–Kier alpha value is -4.14. The number of carbonyl (C=O) groups is 2. The molecule has 1 N–H and O–H groups in total. The second kappa shape index (κ2) is 15.0. The van der Waals surface area contributed by atoms with Crippen molar-refractivity contribution in [3.63, 3.8) is 0 Å². The van der Waals surface area contributed by atoms with Crippen LogP contribution in [0.15, 0.2) is 84.4 Å². The van der Waals surface area contributed by atoms with Crippen molar-refractivity contribution in [2.45, 2.75) is 33.3 Å². The summed E-state index contributed by atoms with van der Waals surface area (Å²) in [6, 6.07) is 24.7. The van der Waals surface area contributed by atoms with Crippen LogP contribution in [-0.4, -0.2) is 36.9 Å². The first kappa shape index (κ1) is 28.1. The smallest absolute Gasteiger partial charge is 0.337 e. The van der Waals surface area contributed by atoms with Gasteiger partial charge in [0.2, 0.25) is 0 Å². The van der Waals surface area contributed by atoms with Crippen molar-refractivity contribution in [3.8, 4) is 11.8 Å². The Kier molecular flexibility index (Phi) is 11.7. The van der Waals surface area contributed by atoms with Crippen LogP contribution in [0.1, 0.15) is 52.9 Å².